The standard InChI is InChI=1S/C20H14F3N5/c21-20(22,23)14-8-10-24-17(11-14)16-4-1-3-13-6-7-15(27-19(13)16)12-25-18-5-2-9-26-28-18/h1-11H,12H2,(H,25,28). The van der Waals surface area contributed by atoms with Crippen molar-refractivity contribution in [3.8, 4) is 11.3 Å². The number of pyridine rings is 2. The number of nitrogens with zero attached hydrogens (tertiary/aromatic N) is 4. The van der Waals surface area contributed by atoms with Crippen molar-refractivity contribution < 1.29 is 13.2 Å². The largest absolute Gasteiger partial charge is 0.416 e. The number of fused-ring (bicyclic) bond motifs is 1. The molecule has 4 aromatic rings. The Labute approximate surface area is 158 Å². The second kappa shape index (κ2) is 7.22. The van der Waals surface area contributed by atoms with E-state index in [4.69, 9.17) is 0 Å². The summed E-state index contributed by atoms with van der Waals surface area (Å²) in [4.78, 5) is 8.75. The van der Waals surface area contributed by atoms with Gasteiger partial charge in [-0.2, -0.15) is 18.3 Å². The minimum absolute atomic E-state index is 0.229. The Balaban J connectivity index is 1.71. The van der Waals surface area contributed by atoms with Crippen LogP contribution in [0.3, 0.4) is 0 Å². The molecule has 0 spiro atoms. The van der Waals surface area contributed by atoms with E-state index in [1.54, 1.807) is 30.5 Å². The summed E-state index contributed by atoms with van der Waals surface area (Å²) in [6.07, 6.45) is -1.69. The van der Waals surface area contributed by atoms with E-state index in [0.29, 0.717) is 23.4 Å². The number of para-hydroxylation sites is 1. The predicted molar refractivity (Wildman–Crippen MR) is 99.3 cm³/mol. The molecule has 0 aliphatic rings. The molecule has 5 nitrogen and oxygen atoms in total. The van der Waals surface area contributed by atoms with Crippen LogP contribution in [0.5, 0.6) is 0 Å². The highest BCUT2D eigenvalue weighted by Gasteiger charge is 2.30. The number of alkyl halides is 3. The first kappa shape index (κ1) is 17.8. The second-order valence-corrected chi connectivity index (χ2v) is 6.07. The Kier molecular flexibility index (Phi) is 4.60. The van der Waals surface area contributed by atoms with Crippen LogP contribution in [0.2, 0.25) is 0 Å². The highest BCUT2D eigenvalue weighted by atomic mass is 19.4. The summed E-state index contributed by atoms with van der Waals surface area (Å²) in [5.74, 6) is 0.609. The molecule has 28 heavy (non-hydrogen) atoms. The van der Waals surface area contributed by atoms with E-state index >= 15 is 0 Å². The predicted octanol–water partition coefficient (Wildman–Crippen LogP) is 4.72. The Bertz CT molecular complexity index is 1110. The van der Waals surface area contributed by atoms with Crippen LogP contribution in [0.15, 0.2) is 67.0 Å². The fraction of sp³-hybridized carbons (Fsp3) is 0.100. The van der Waals surface area contributed by atoms with Crippen LogP contribution in [0, 0.1) is 0 Å². The van der Waals surface area contributed by atoms with Crippen molar-refractivity contribution in [2.75, 3.05) is 5.32 Å². The van der Waals surface area contributed by atoms with Crippen LogP contribution in [0.1, 0.15) is 11.3 Å². The number of benzene rings is 1. The molecule has 1 N–H and O–H groups in total. The Morgan fingerprint density at radius 3 is 2.61 bits per heavy atom. The summed E-state index contributed by atoms with van der Waals surface area (Å²) >= 11 is 0. The van der Waals surface area contributed by atoms with Crippen LogP contribution in [0.4, 0.5) is 19.0 Å². The third-order valence-electron chi connectivity index (χ3n) is 4.16. The lowest BCUT2D eigenvalue weighted by Gasteiger charge is -2.11. The molecule has 3 heterocycles. The van der Waals surface area contributed by atoms with Crippen molar-refractivity contribution in [1.82, 2.24) is 20.2 Å². The maximum Gasteiger partial charge on any atom is 0.416 e. The highest BCUT2D eigenvalue weighted by molar-refractivity contribution is 5.92. The Morgan fingerprint density at radius 1 is 0.929 bits per heavy atom. The van der Waals surface area contributed by atoms with Crippen LogP contribution in [0.25, 0.3) is 22.2 Å². The minimum Gasteiger partial charge on any atom is -0.363 e. The number of anilines is 1. The molecule has 0 aliphatic carbocycles. The summed E-state index contributed by atoms with van der Waals surface area (Å²) in [7, 11) is 0. The van der Waals surface area contributed by atoms with Gasteiger partial charge in [-0.05, 0) is 30.3 Å². The molecule has 3 aromatic heterocycles. The number of nitrogens with one attached hydrogen (secondary N) is 1. The molecule has 1 aromatic carbocycles. The fourth-order valence-corrected chi connectivity index (χ4v) is 2.82. The molecule has 0 unspecified atom stereocenters. The van der Waals surface area contributed by atoms with E-state index in [0.717, 1.165) is 29.4 Å². The normalized spacial score (nSPS) is 11.5. The first-order valence-corrected chi connectivity index (χ1v) is 8.44. The SMILES string of the molecule is FC(F)(F)c1ccnc(-c2cccc3ccc(CNc4cccnn4)nc23)c1. The third-order valence-corrected chi connectivity index (χ3v) is 4.16. The van der Waals surface area contributed by atoms with Gasteiger partial charge in [-0.25, -0.2) is 0 Å². The number of rotatable bonds is 4. The molecule has 0 saturated carbocycles. The topological polar surface area (TPSA) is 63.6 Å². The van der Waals surface area contributed by atoms with Crippen LogP contribution in [-0.2, 0) is 12.7 Å². The van der Waals surface area contributed by atoms with Crippen molar-refractivity contribution >= 4 is 16.7 Å². The van der Waals surface area contributed by atoms with Gasteiger partial charge in [0.05, 0.1) is 29.0 Å². The molecule has 0 saturated heterocycles. The van der Waals surface area contributed by atoms with Gasteiger partial charge in [0.2, 0.25) is 0 Å². The van der Waals surface area contributed by atoms with Gasteiger partial charge < -0.3 is 5.32 Å². The average molecular weight is 381 g/mol. The quantitative estimate of drug-likeness (QED) is 0.554. The van der Waals surface area contributed by atoms with Gasteiger partial charge in [0, 0.05) is 23.3 Å². The zero-order valence-electron chi connectivity index (χ0n) is 14.5. The van der Waals surface area contributed by atoms with Crippen molar-refractivity contribution in [1.29, 1.82) is 0 Å². The van der Waals surface area contributed by atoms with Crippen molar-refractivity contribution in [3.63, 3.8) is 0 Å². The fourth-order valence-electron chi connectivity index (χ4n) is 2.82. The smallest absolute Gasteiger partial charge is 0.363 e. The van der Waals surface area contributed by atoms with Gasteiger partial charge in [-0.1, -0.05) is 24.3 Å². The zero-order valence-corrected chi connectivity index (χ0v) is 14.5. The molecular formula is C20H14F3N5. The van der Waals surface area contributed by atoms with Crippen molar-refractivity contribution in [2.45, 2.75) is 12.7 Å². The highest BCUT2D eigenvalue weighted by Crippen LogP contribution is 2.33. The molecule has 4 rings (SSSR count). The van der Waals surface area contributed by atoms with E-state index in [1.807, 2.05) is 18.2 Å². The first-order chi connectivity index (χ1) is 13.5. The summed E-state index contributed by atoms with van der Waals surface area (Å²) in [5, 5.41) is 11.7. The van der Waals surface area contributed by atoms with E-state index in [9.17, 15) is 13.2 Å². The van der Waals surface area contributed by atoms with E-state index in [2.05, 4.69) is 25.5 Å². The maximum atomic E-state index is 13.1. The van der Waals surface area contributed by atoms with Gasteiger partial charge in [0.25, 0.3) is 0 Å². The van der Waals surface area contributed by atoms with Gasteiger partial charge in [0.1, 0.15) is 5.82 Å². The molecular weight excluding hydrogens is 367 g/mol. The Hall–Kier alpha value is -3.55. The number of hydrogen-bond acceptors (Lipinski definition) is 5. The van der Waals surface area contributed by atoms with Gasteiger partial charge in [-0.15, -0.1) is 5.10 Å². The minimum atomic E-state index is -4.43. The molecule has 0 atom stereocenters. The number of hydrogen-bond donors (Lipinski definition) is 1. The first-order valence-electron chi connectivity index (χ1n) is 8.44. The third kappa shape index (κ3) is 3.75. The summed E-state index contributed by atoms with van der Waals surface area (Å²) < 4.78 is 39.2. The maximum absolute atomic E-state index is 13.1. The summed E-state index contributed by atoms with van der Waals surface area (Å²) in [6, 6.07) is 14.6. The number of halogens is 3. The molecule has 0 aliphatic heterocycles. The van der Waals surface area contributed by atoms with Crippen LogP contribution >= 0.6 is 0 Å². The van der Waals surface area contributed by atoms with Gasteiger partial charge >= 0.3 is 6.18 Å². The van der Waals surface area contributed by atoms with Crippen LogP contribution in [-0.4, -0.2) is 20.2 Å². The molecule has 8 heteroatoms. The van der Waals surface area contributed by atoms with Crippen molar-refractivity contribution in [3.05, 3.63) is 78.2 Å². The average Bonchev–Trinajstić information content (AvgIpc) is 2.72. The Morgan fingerprint density at radius 2 is 1.82 bits per heavy atom. The molecule has 140 valence electrons. The lowest BCUT2D eigenvalue weighted by Crippen LogP contribution is -2.06. The van der Waals surface area contributed by atoms with E-state index < -0.39 is 11.7 Å². The van der Waals surface area contributed by atoms with E-state index in [-0.39, 0.29) is 5.69 Å². The van der Waals surface area contributed by atoms with E-state index in [1.165, 1.54) is 0 Å². The molecule has 0 amide bonds. The lowest BCUT2D eigenvalue weighted by atomic mass is 10.0. The summed E-state index contributed by atoms with van der Waals surface area (Å²) in [6.45, 7) is 0.402. The van der Waals surface area contributed by atoms with Crippen molar-refractivity contribution in [2.24, 2.45) is 0 Å². The summed E-state index contributed by atoms with van der Waals surface area (Å²) in [5.41, 5.74) is 1.34. The molecule has 0 fully saturated rings. The zero-order chi connectivity index (χ0) is 19.6. The van der Waals surface area contributed by atoms with Gasteiger partial charge in [-0.3, -0.25) is 9.97 Å². The number of aromatic nitrogens is 4. The molecule has 0 radical (unpaired) electrons. The molecule has 0 bridgehead atoms. The monoisotopic (exact) mass is 381 g/mol. The lowest BCUT2D eigenvalue weighted by molar-refractivity contribution is -0.137. The van der Waals surface area contributed by atoms with Gasteiger partial charge in [0.15, 0.2) is 0 Å². The van der Waals surface area contributed by atoms with Crippen LogP contribution < -0.4 is 5.32 Å². The second-order valence-electron chi connectivity index (χ2n) is 6.07.